The minimum Gasteiger partial charge on any atom is -0.379 e. The second kappa shape index (κ2) is 18.7. The van der Waals surface area contributed by atoms with Gasteiger partial charge < -0.3 is 19.5 Å². The Bertz CT molecular complexity index is 171. The van der Waals surface area contributed by atoms with Gasteiger partial charge in [-0.1, -0.05) is 20.8 Å². The first-order valence-electron chi connectivity index (χ1n) is 6.81. The fraction of sp³-hybridized carbons (Fsp3) is 0.923. The van der Waals surface area contributed by atoms with Gasteiger partial charge in [0, 0.05) is 21.0 Å². The summed E-state index contributed by atoms with van der Waals surface area (Å²) in [5, 5.41) is 2.73. The van der Waals surface area contributed by atoms with Gasteiger partial charge in [0.2, 0.25) is 5.91 Å². The molecule has 0 atom stereocenters. The van der Waals surface area contributed by atoms with Crippen LogP contribution in [0.1, 0.15) is 35.5 Å². The van der Waals surface area contributed by atoms with Crippen LogP contribution in [0.25, 0.3) is 0 Å². The second-order valence-corrected chi connectivity index (χ2v) is 3.13. The molecule has 0 fully saturated rings. The number of rotatable bonds is 11. The molecule has 0 aromatic heterocycles. The minimum atomic E-state index is 0. The molecule has 18 heavy (non-hydrogen) atoms. The number of carbonyl (C=O) groups excluding carboxylic acids is 1. The molecule has 0 aliphatic heterocycles. The molecule has 0 heterocycles. The standard InChI is InChI=1S/C11H23NO4.C2H6.H2/c1-3-11(13)12-5-6-15-9-10-16-8-7-14-4-2;1-2;/h3-10H2,1-2H3,(H,12,13);1-2H3;1H. The highest BCUT2D eigenvalue weighted by atomic mass is 16.5. The molecule has 0 aliphatic rings. The topological polar surface area (TPSA) is 56.8 Å². The van der Waals surface area contributed by atoms with E-state index in [4.69, 9.17) is 14.2 Å². The first kappa shape index (κ1) is 19.7. The van der Waals surface area contributed by atoms with Gasteiger partial charge in [-0.25, -0.2) is 0 Å². The lowest BCUT2D eigenvalue weighted by atomic mass is 10.4. The maximum atomic E-state index is 10.8. The van der Waals surface area contributed by atoms with Gasteiger partial charge in [0.15, 0.2) is 0 Å². The fourth-order valence-corrected chi connectivity index (χ4v) is 0.972. The molecule has 0 spiro atoms. The Hall–Kier alpha value is -0.650. The average molecular weight is 265 g/mol. The van der Waals surface area contributed by atoms with Crippen LogP contribution < -0.4 is 5.32 Å². The van der Waals surface area contributed by atoms with Crippen LogP contribution in [0.4, 0.5) is 0 Å². The monoisotopic (exact) mass is 265 g/mol. The maximum Gasteiger partial charge on any atom is 0.219 e. The zero-order valence-corrected chi connectivity index (χ0v) is 12.3. The molecule has 5 nitrogen and oxygen atoms in total. The van der Waals surface area contributed by atoms with E-state index < -0.39 is 0 Å². The molecule has 1 N–H and O–H groups in total. The minimum absolute atomic E-state index is 0. The van der Waals surface area contributed by atoms with Gasteiger partial charge in [-0.05, 0) is 6.92 Å². The lowest BCUT2D eigenvalue weighted by Crippen LogP contribution is -2.26. The molecule has 0 radical (unpaired) electrons. The molecular weight excluding hydrogens is 234 g/mol. The normalized spacial score (nSPS) is 9.56. The first-order chi connectivity index (χ1) is 8.81. The largest absolute Gasteiger partial charge is 0.379 e. The zero-order chi connectivity index (χ0) is 14.1. The summed E-state index contributed by atoms with van der Waals surface area (Å²) >= 11 is 0. The van der Waals surface area contributed by atoms with Gasteiger partial charge in [-0.3, -0.25) is 4.79 Å². The van der Waals surface area contributed by atoms with Crippen molar-refractivity contribution in [1.82, 2.24) is 5.32 Å². The van der Waals surface area contributed by atoms with Crippen LogP contribution in [0.3, 0.4) is 0 Å². The van der Waals surface area contributed by atoms with Crippen molar-refractivity contribution in [3.05, 3.63) is 0 Å². The first-order valence-corrected chi connectivity index (χ1v) is 6.81. The van der Waals surface area contributed by atoms with Crippen LogP contribution >= 0.6 is 0 Å². The van der Waals surface area contributed by atoms with Crippen molar-refractivity contribution in [3.8, 4) is 0 Å². The molecule has 0 unspecified atom stereocenters. The number of carbonyl (C=O) groups is 1. The predicted octanol–water partition coefficient (Wildman–Crippen LogP) is 1.85. The number of amides is 1. The Labute approximate surface area is 113 Å². The smallest absolute Gasteiger partial charge is 0.219 e. The lowest BCUT2D eigenvalue weighted by Gasteiger charge is -2.06. The average Bonchev–Trinajstić information content (AvgIpc) is 2.42. The van der Waals surface area contributed by atoms with Gasteiger partial charge in [-0.2, -0.15) is 0 Å². The third-order valence-corrected chi connectivity index (χ3v) is 1.84. The molecule has 0 aromatic carbocycles. The highest BCUT2D eigenvalue weighted by molar-refractivity contribution is 5.75. The van der Waals surface area contributed by atoms with Crippen molar-refractivity contribution in [2.45, 2.75) is 34.1 Å². The van der Waals surface area contributed by atoms with Crippen molar-refractivity contribution in [3.63, 3.8) is 0 Å². The molecule has 0 rings (SSSR count). The van der Waals surface area contributed by atoms with Crippen molar-refractivity contribution < 1.29 is 20.4 Å². The van der Waals surface area contributed by atoms with Crippen LogP contribution in [0, 0.1) is 0 Å². The lowest BCUT2D eigenvalue weighted by molar-refractivity contribution is -0.121. The summed E-state index contributed by atoms with van der Waals surface area (Å²) in [6.07, 6.45) is 0.514. The molecular formula is C13H31NO4. The van der Waals surface area contributed by atoms with E-state index in [2.05, 4.69) is 5.32 Å². The maximum absolute atomic E-state index is 10.8. The zero-order valence-electron chi connectivity index (χ0n) is 12.3. The Kier molecular flexibility index (Phi) is 20.5. The summed E-state index contributed by atoms with van der Waals surface area (Å²) in [7, 11) is 0. The summed E-state index contributed by atoms with van der Waals surface area (Å²) in [6, 6.07) is 0. The summed E-state index contributed by atoms with van der Waals surface area (Å²) in [6.45, 7) is 11.9. The summed E-state index contributed by atoms with van der Waals surface area (Å²) < 4.78 is 15.6. The molecule has 1 amide bonds. The highest BCUT2D eigenvalue weighted by Crippen LogP contribution is 1.81. The van der Waals surface area contributed by atoms with Crippen LogP contribution in [-0.4, -0.2) is 52.1 Å². The number of hydrogen-bond acceptors (Lipinski definition) is 4. The Morgan fingerprint density at radius 2 is 1.44 bits per heavy atom. The quantitative estimate of drug-likeness (QED) is 0.579. The van der Waals surface area contributed by atoms with E-state index in [1.165, 1.54) is 0 Å². The molecule has 0 saturated heterocycles. The molecule has 0 saturated carbocycles. The Morgan fingerprint density at radius 1 is 0.944 bits per heavy atom. The number of hydrogen-bond donors (Lipinski definition) is 1. The molecule has 0 aliphatic carbocycles. The second-order valence-electron chi connectivity index (χ2n) is 3.13. The predicted molar refractivity (Wildman–Crippen MR) is 74.9 cm³/mol. The van der Waals surface area contributed by atoms with E-state index in [9.17, 15) is 4.79 Å². The van der Waals surface area contributed by atoms with Gasteiger partial charge in [0.1, 0.15) is 0 Å². The Morgan fingerprint density at radius 3 is 1.94 bits per heavy atom. The number of nitrogens with one attached hydrogen (secondary N) is 1. The van der Waals surface area contributed by atoms with Crippen LogP contribution in [0.2, 0.25) is 0 Å². The van der Waals surface area contributed by atoms with E-state index in [-0.39, 0.29) is 7.33 Å². The van der Waals surface area contributed by atoms with E-state index >= 15 is 0 Å². The Balaban J connectivity index is -0.000000809. The van der Waals surface area contributed by atoms with Gasteiger partial charge in [0.25, 0.3) is 0 Å². The van der Waals surface area contributed by atoms with Gasteiger partial charge in [0.05, 0.1) is 33.0 Å². The summed E-state index contributed by atoms with van der Waals surface area (Å²) in [5.41, 5.74) is 0. The number of ether oxygens (including phenoxy) is 3. The highest BCUT2D eigenvalue weighted by Gasteiger charge is 1.95. The van der Waals surface area contributed by atoms with Crippen LogP contribution in [0.5, 0.6) is 0 Å². The third-order valence-electron chi connectivity index (χ3n) is 1.84. The molecule has 5 heteroatoms. The van der Waals surface area contributed by atoms with Crippen molar-refractivity contribution >= 4 is 5.91 Å². The summed E-state index contributed by atoms with van der Waals surface area (Å²) in [5.74, 6) is 0.0524. The molecule has 0 bridgehead atoms. The van der Waals surface area contributed by atoms with Crippen molar-refractivity contribution in [2.24, 2.45) is 0 Å². The van der Waals surface area contributed by atoms with E-state index in [0.29, 0.717) is 46.0 Å². The van der Waals surface area contributed by atoms with Crippen molar-refractivity contribution in [2.75, 3.05) is 46.2 Å². The molecule has 0 aromatic rings. The molecule has 112 valence electrons. The van der Waals surface area contributed by atoms with Crippen molar-refractivity contribution in [1.29, 1.82) is 0 Å². The van der Waals surface area contributed by atoms with E-state index in [1.54, 1.807) is 0 Å². The summed E-state index contributed by atoms with van der Waals surface area (Å²) in [4.78, 5) is 10.8. The van der Waals surface area contributed by atoms with Gasteiger partial charge >= 0.3 is 0 Å². The van der Waals surface area contributed by atoms with E-state index in [0.717, 1.165) is 6.61 Å². The SMILES string of the molecule is CC.CCOCCOCCOCCNC(=O)CC.[HH]. The third kappa shape index (κ3) is 17.7. The van der Waals surface area contributed by atoms with Crippen LogP contribution in [-0.2, 0) is 19.0 Å². The van der Waals surface area contributed by atoms with E-state index in [1.807, 2.05) is 27.7 Å². The fourth-order valence-electron chi connectivity index (χ4n) is 0.972. The van der Waals surface area contributed by atoms with Gasteiger partial charge in [-0.15, -0.1) is 0 Å². The van der Waals surface area contributed by atoms with Crippen LogP contribution in [0.15, 0.2) is 0 Å².